The molecule has 0 saturated carbocycles. The van der Waals surface area contributed by atoms with Gasteiger partial charge in [0.05, 0.1) is 5.69 Å². The molecule has 3 rings (SSSR count). The lowest BCUT2D eigenvalue weighted by atomic mass is 9.84. The molecule has 0 spiro atoms. The van der Waals surface area contributed by atoms with Crippen molar-refractivity contribution >= 4 is 29.0 Å². The number of benzene rings is 2. The van der Waals surface area contributed by atoms with Gasteiger partial charge in [0, 0.05) is 18.5 Å². The zero-order chi connectivity index (χ0) is 17.2. The van der Waals surface area contributed by atoms with Crippen LogP contribution in [0.5, 0.6) is 0 Å². The van der Waals surface area contributed by atoms with Crippen molar-refractivity contribution in [3.63, 3.8) is 0 Å². The molecule has 0 unspecified atom stereocenters. The highest BCUT2D eigenvalue weighted by Gasteiger charge is 2.51. The lowest BCUT2D eigenvalue weighted by Crippen LogP contribution is -2.56. The van der Waals surface area contributed by atoms with Crippen molar-refractivity contribution in [1.82, 2.24) is 0 Å². The van der Waals surface area contributed by atoms with Gasteiger partial charge in [-0.25, -0.2) is 0 Å². The Balaban J connectivity index is 2.04. The Morgan fingerprint density at radius 2 is 1.67 bits per heavy atom. The van der Waals surface area contributed by atoms with Crippen LogP contribution in [0.2, 0.25) is 0 Å². The Bertz CT molecular complexity index is 759. The van der Waals surface area contributed by atoms with E-state index in [1.165, 1.54) is 0 Å². The molecule has 3 nitrogen and oxygen atoms in total. The molecule has 0 aromatic heterocycles. The van der Waals surface area contributed by atoms with Crippen molar-refractivity contribution in [3.05, 3.63) is 65.7 Å². The highest BCUT2D eigenvalue weighted by Crippen LogP contribution is 2.38. The third kappa shape index (κ3) is 2.84. The van der Waals surface area contributed by atoms with Gasteiger partial charge in [0.25, 0.3) is 5.91 Å². The molecule has 1 aliphatic rings. The molecule has 2 aromatic rings. The molecule has 0 radical (unpaired) electrons. The molecule has 1 atom stereocenters. The lowest BCUT2D eigenvalue weighted by molar-refractivity contribution is -0.120. The zero-order valence-corrected chi connectivity index (χ0v) is 14.4. The van der Waals surface area contributed by atoms with Crippen molar-refractivity contribution in [1.29, 1.82) is 0 Å². The predicted molar refractivity (Wildman–Crippen MR) is 96.8 cm³/mol. The maximum absolute atomic E-state index is 13.1. The number of halogens is 1. The second-order valence-electron chi connectivity index (χ2n) is 6.12. The SMILES string of the molecule is CCCCN1C(=O)[C@@](Cl)(Cc2ccccc2)C(=O)c2ccccc21. The van der Waals surface area contributed by atoms with Crippen molar-refractivity contribution in [3.8, 4) is 0 Å². The topological polar surface area (TPSA) is 37.4 Å². The molecular weight excluding hydrogens is 322 g/mol. The van der Waals surface area contributed by atoms with Crippen LogP contribution in [0.1, 0.15) is 35.7 Å². The third-order valence-electron chi connectivity index (χ3n) is 4.41. The van der Waals surface area contributed by atoms with E-state index < -0.39 is 4.87 Å². The summed E-state index contributed by atoms with van der Waals surface area (Å²) in [5.41, 5.74) is 2.08. The van der Waals surface area contributed by atoms with E-state index in [0.717, 1.165) is 18.4 Å². The molecule has 24 heavy (non-hydrogen) atoms. The molecule has 1 amide bonds. The summed E-state index contributed by atoms with van der Waals surface area (Å²) in [5, 5.41) is 0. The summed E-state index contributed by atoms with van der Waals surface area (Å²) in [6, 6.07) is 16.7. The van der Waals surface area contributed by atoms with E-state index in [1.807, 2.05) is 48.5 Å². The van der Waals surface area contributed by atoms with Gasteiger partial charge < -0.3 is 4.90 Å². The van der Waals surface area contributed by atoms with Crippen LogP contribution in [0.25, 0.3) is 0 Å². The molecule has 0 fully saturated rings. The van der Waals surface area contributed by atoms with Gasteiger partial charge in [-0.15, -0.1) is 0 Å². The van der Waals surface area contributed by atoms with Gasteiger partial charge in [-0.05, 0) is 24.1 Å². The number of alkyl halides is 1. The fraction of sp³-hybridized carbons (Fsp3) is 0.300. The van der Waals surface area contributed by atoms with E-state index in [-0.39, 0.29) is 18.1 Å². The highest BCUT2D eigenvalue weighted by molar-refractivity contribution is 6.52. The lowest BCUT2D eigenvalue weighted by Gasteiger charge is -2.38. The number of fused-ring (bicyclic) bond motifs is 1. The number of hydrogen-bond donors (Lipinski definition) is 0. The summed E-state index contributed by atoms with van der Waals surface area (Å²) in [5.74, 6) is -0.619. The molecule has 4 heteroatoms. The maximum Gasteiger partial charge on any atom is 0.256 e. The Labute approximate surface area is 147 Å². The summed E-state index contributed by atoms with van der Waals surface area (Å²) < 4.78 is 0. The minimum Gasteiger partial charge on any atom is -0.310 e. The van der Waals surface area contributed by atoms with Crippen molar-refractivity contribution < 1.29 is 9.59 Å². The number of carbonyl (C=O) groups excluding carboxylic acids is 2. The molecule has 1 heterocycles. The molecule has 0 bridgehead atoms. The molecule has 0 N–H and O–H groups in total. The van der Waals surface area contributed by atoms with Gasteiger partial charge >= 0.3 is 0 Å². The van der Waals surface area contributed by atoms with Crippen molar-refractivity contribution in [2.45, 2.75) is 31.1 Å². The van der Waals surface area contributed by atoms with Crippen LogP contribution in [-0.4, -0.2) is 23.1 Å². The number of rotatable bonds is 5. The second kappa shape index (κ2) is 6.78. The van der Waals surface area contributed by atoms with Crippen LogP contribution in [0.3, 0.4) is 0 Å². The van der Waals surface area contributed by atoms with Crippen LogP contribution in [0, 0.1) is 0 Å². The van der Waals surface area contributed by atoms with Crippen LogP contribution in [0.4, 0.5) is 5.69 Å². The van der Waals surface area contributed by atoms with Crippen LogP contribution >= 0.6 is 11.6 Å². The molecule has 0 aliphatic carbocycles. The summed E-state index contributed by atoms with van der Waals surface area (Å²) in [4.78, 5) is 26.2. The molecule has 124 valence electrons. The average molecular weight is 342 g/mol. The number of anilines is 1. The third-order valence-corrected chi connectivity index (χ3v) is 4.88. The van der Waals surface area contributed by atoms with E-state index in [1.54, 1.807) is 11.0 Å². The van der Waals surface area contributed by atoms with E-state index in [4.69, 9.17) is 11.6 Å². The van der Waals surface area contributed by atoms with Gasteiger partial charge in [-0.1, -0.05) is 67.4 Å². The van der Waals surface area contributed by atoms with Gasteiger partial charge in [-0.3, -0.25) is 9.59 Å². The number of hydrogen-bond acceptors (Lipinski definition) is 2. The fourth-order valence-corrected chi connectivity index (χ4v) is 3.46. The van der Waals surface area contributed by atoms with E-state index >= 15 is 0 Å². The van der Waals surface area contributed by atoms with E-state index in [9.17, 15) is 9.59 Å². The molecule has 0 saturated heterocycles. The van der Waals surface area contributed by atoms with Crippen LogP contribution in [-0.2, 0) is 11.2 Å². The number of unbranched alkanes of at least 4 members (excludes halogenated alkanes) is 1. The van der Waals surface area contributed by atoms with E-state index in [2.05, 4.69) is 6.92 Å². The first-order chi connectivity index (χ1) is 11.6. The van der Waals surface area contributed by atoms with Crippen molar-refractivity contribution in [2.75, 3.05) is 11.4 Å². The standard InChI is InChI=1S/C20H20ClNO2/c1-2-3-13-22-17-12-8-7-11-16(17)18(23)20(21,19(22)24)14-15-9-5-4-6-10-15/h4-12H,2-3,13-14H2,1H3/t20-/m1/s1. The minimum absolute atomic E-state index is 0.198. The number of Topliss-reactive ketones (excluding diaryl/α,β-unsaturated/α-hetero) is 1. The normalized spacial score (nSPS) is 20.2. The van der Waals surface area contributed by atoms with Crippen LogP contribution in [0.15, 0.2) is 54.6 Å². The van der Waals surface area contributed by atoms with Gasteiger partial charge in [0.2, 0.25) is 0 Å². The summed E-state index contributed by atoms with van der Waals surface area (Å²) in [6.07, 6.45) is 2.03. The number of nitrogens with zero attached hydrogens (tertiary/aromatic N) is 1. The molecular formula is C20H20ClNO2. The molecule has 1 aliphatic heterocycles. The monoisotopic (exact) mass is 341 g/mol. The Morgan fingerprint density at radius 3 is 2.38 bits per heavy atom. The maximum atomic E-state index is 13.1. The first-order valence-electron chi connectivity index (χ1n) is 8.26. The predicted octanol–water partition coefficient (Wildman–Crippen LogP) is 4.24. The summed E-state index contributed by atoms with van der Waals surface area (Å²) >= 11 is 6.67. The van der Waals surface area contributed by atoms with Gasteiger partial charge in [0.15, 0.2) is 10.7 Å². The Morgan fingerprint density at radius 1 is 1.00 bits per heavy atom. The van der Waals surface area contributed by atoms with E-state index in [0.29, 0.717) is 17.8 Å². The number of ketones is 1. The van der Waals surface area contributed by atoms with Gasteiger partial charge in [0.1, 0.15) is 0 Å². The largest absolute Gasteiger partial charge is 0.310 e. The minimum atomic E-state index is -1.57. The first kappa shape index (κ1) is 16.7. The number of para-hydroxylation sites is 1. The smallest absolute Gasteiger partial charge is 0.256 e. The van der Waals surface area contributed by atoms with Crippen molar-refractivity contribution in [2.24, 2.45) is 0 Å². The Kier molecular flexibility index (Phi) is 4.72. The molecule has 2 aromatic carbocycles. The first-order valence-corrected chi connectivity index (χ1v) is 8.64. The summed E-state index contributed by atoms with van der Waals surface area (Å²) in [7, 11) is 0. The quantitative estimate of drug-likeness (QED) is 0.602. The number of carbonyl (C=O) groups is 2. The van der Waals surface area contributed by atoms with Gasteiger partial charge in [-0.2, -0.15) is 0 Å². The Hall–Kier alpha value is -2.13. The highest BCUT2D eigenvalue weighted by atomic mass is 35.5. The fourth-order valence-electron chi connectivity index (χ4n) is 3.11. The second-order valence-corrected chi connectivity index (χ2v) is 6.77. The van der Waals surface area contributed by atoms with Crippen LogP contribution < -0.4 is 4.90 Å². The number of amides is 1. The average Bonchev–Trinajstić information content (AvgIpc) is 2.61. The zero-order valence-electron chi connectivity index (χ0n) is 13.7. The summed E-state index contributed by atoms with van der Waals surface area (Å²) in [6.45, 7) is 2.65.